The second-order valence-corrected chi connectivity index (χ2v) is 7.62. The number of hydrogen-bond donors (Lipinski definition) is 1. The van der Waals surface area contributed by atoms with Crippen LogP contribution in [-0.2, 0) is 14.3 Å². The molecule has 1 aromatic heterocycles. The Hall–Kier alpha value is -2.26. The number of hydrogen-bond acceptors (Lipinski definition) is 7. The molecule has 3 fully saturated rings. The molecule has 1 aliphatic carbocycles. The third-order valence-electron chi connectivity index (χ3n) is 5.81. The average molecular weight is 388 g/mol. The molecule has 0 aromatic carbocycles. The molecule has 1 N–H and O–H groups in total. The number of ether oxygens (including phenoxy) is 1. The van der Waals surface area contributed by atoms with E-state index in [4.69, 9.17) is 4.74 Å². The maximum atomic E-state index is 13.0. The number of nitrogens with one attached hydrogen (secondary N) is 1. The topological polar surface area (TPSA) is 90.9 Å². The van der Waals surface area contributed by atoms with Gasteiger partial charge >= 0.3 is 0 Å². The van der Waals surface area contributed by atoms with Crippen LogP contribution in [0.2, 0.25) is 0 Å². The summed E-state index contributed by atoms with van der Waals surface area (Å²) in [5.74, 6) is 0.557. The highest BCUT2D eigenvalue weighted by molar-refractivity contribution is 6.07. The molecule has 0 radical (unpaired) electrons. The molecule has 2 amide bonds. The van der Waals surface area contributed by atoms with Crippen molar-refractivity contribution in [1.29, 1.82) is 0 Å². The average Bonchev–Trinajstić information content (AvgIpc) is 3.57. The summed E-state index contributed by atoms with van der Waals surface area (Å²) in [6, 6.07) is 1.79. The van der Waals surface area contributed by atoms with Gasteiger partial charge in [0.1, 0.15) is 5.41 Å². The fourth-order valence-electron chi connectivity index (χ4n) is 3.85. The fourth-order valence-corrected chi connectivity index (χ4v) is 3.85. The van der Waals surface area contributed by atoms with Crippen LogP contribution in [0.25, 0.3) is 0 Å². The van der Waals surface area contributed by atoms with Gasteiger partial charge in [-0.05, 0) is 18.9 Å². The molecule has 9 heteroatoms. The number of rotatable bonds is 6. The third kappa shape index (κ3) is 4.10. The number of morpholine rings is 1. The van der Waals surface area contributed by atoms with Crippen molar-refractivity contribution in [3.63, 3.8) is 0 Å². The number of nitrogens with zero attached hydrogens (tertiary/aromatic N) is 5. The van der Waals surface area contributed by atoms with Crippen molar-refractivity contribution in [1.82, 2.24) is 25.1 Å². The molecule has 28 heavy (non-hydrogen) atoms. The van der Waals surface area contributed by atoms with Gasteiger partial charge in [0, 0.05) is 64.8 Å². The first-order chi connectivity index (χ1) is 13.7. The first-order valence-corrected chi connectivity index (χ1v) is 10.1. The second kappa shape index (κ2) is 8.40. The van der Waals surface area contributed by atoms with Crippen molar-refractivity contribution in [2.75, 3.05) is 70.5 Å². The Kier molecular flexibility index (Phi) is 5.72. The van der Waals surface area contributed by atoms with Crippen LogP contribution in [0.4, 0.5) is 5.95 Å². The van der Waals surface area contributed by atoms with Gasteiger partial charge in [-0.1, -0.05) is 0 Å². The lowest BCUT2D eigenvalue weighted by molar-refractivity contribution is -0.144. The number of piperazine rings is 1. The minimum absolute atomic E-state index is 0.0231. The van der Waals surface area contributed by atoms with Crippen LogP contribution in [0, 0.1) is 5.41 Å². The summed E-state index contributed by atoms with van der Waals surface area (Å²) in [5, 5.41) is 2.99. The largest absolute Gasteiger partial charge is 0.379 e. The summed E-state index contributed by atoms with van der Waals surface area (Å²) < 4.78 is 5.34. The van der Waals surface area contributed by atoms with E-state index < -0.39 is 5.41 Å². The van der Waals surface area contributed by atoms with Crippen LogP contribution < -0.4 is 10.2 Å². The number of carbonyl (C=O) groups is 2. The van der Waals surface area contributed by atoms with Gasteiger partial charge in [-0.2, -0.15) is 0 Å². The molecule has 2 aliphatic heterocycles. The third-order valence-corrected chi connectivity index (χ3v) is 5.81. The minimum atomic E-state index is -0.837. The van der Waals surface area contributed by atoms with E-state index >= 15 is 0 Å². The monoisotopic (exact) mass is 388 g/mol. The van der Waals surface area contributed by atoms with Crippen molar-refractivity contribution in [2.24, 2.45) is 5.41 Å². The Balaban J connectivity index is 1.25. The SMILES string of the molecule is O=C(NCCN1CCOCC1)C1(C(=O)N2CCN(c3ncccn3)CC2)CC1. The summed E-state index contributed by atoms with van der Waals surface area (Å²) in [6.07, 6.45) is 4.75. The Bertz CT molecular complexity index is 682. The summed E-state index contributed by atoms with van der Waals surface area (Å²) >= 11 is 0. The Morgan fingerprint density at radius 1 is 1.04 bits per heavy atom. The molecular weight excluding hydrogens is 360 g/mol. The van der Waals surface area contributed by atoms with Gasteiger partial charge in [-0.3, -0.25) is 14.5 Å². The molecule has 152 valence electrons. The van der Waals surface area contributed by atoms with E-state index in [0.29, 0.717) is 51.5 Å². The van der Waals surface area contributed by atoms with Crippen LogP contribution >= 0.6 is 0 Å². The molecule has 2 saturated heterocycles. The van der Waals surface area contributed by atoms with Crippen LogP contribution in [0.1, 0.15) is 12.8 Å². The predicted molar refractivity (Wildman–Crippen MR) is 103 cm³/mol. The minimum Gasteiger partial charge on any atom is -0.379 e. The molecule has 0 atom stereocenters. The summed E-state index contributed by atoms with van der Waals surface area (Å²) in [7, 11) is 0. The Morgan fingerprint density at radius 3 is 2.36 bits per heavy atom. The molecule has 3 aliphatic rings. The van der Waals surface area contributed by atoms with Crippen LogP contribution in [-0.4, -0.2) is 97.2 Å². The van der Waals surface area contributed by atoms with Crippen molar-refractivity contribution < 1.29 is 14.3 Å². The van der Waals surface area contributed by atoms with E-state index in [2.05, 4.69) is 25.1 Å². The molecule has 3 heterocycles. The normalized spacial score (nSPS) is 22.0. The van der Waals surface area contributed by atoms with Crippen molar-refractivity contribution in [2.45, 2.75) is 12.8 Å². The highest BCUT2D eigenvalue weighted by Crippen LogP contribution is 2.47. The summed E-state index contributed by atoms with van der Waals surface area (Å²) in [4.78, 5) is 40.4. The van der Waals surface area contributed by atoms with Gasteiger partial charge in [0.2, 0.25) is 17.8 Å². The number of aromatic nitrogens is 2. The maximum absolute atomic E-state index is 13.0. The molecule has 9 nitrogen and oxygen atoms in total. The molecule has 1 saturated carbocycles. The first-order valence-electron chi connectivity index (χ1n) is 10.1. The standard InChI is InChI=1S/C19H28N6O3/c26-16(20-6-7-23-12-14-28-15-13-23)19(2-3-19)17(27)24-8-10-25(11-9-24)18-21-4-1-5-22-18/h1,4-5H,2-3,6-15H2,(H,20,26). The zero-order valence-electron chi connectivity index (χ0n) is 16.2. The molecule has 0 bridgehead atoms. The van der Waals surface area contributed by atoms with Crippen LogP contribution in [0.15, 0.2) is 18.5 Å². The van der Waals surface area contributed by atoms with Gasteiger partial charge in [0.25, 0.3) is 0 Å². The number of carbonyl (C=O) groups excluding carboxylic acids is 2. The molecule has 0 spiro atoms. The van der Waals surface area contributed by atoms with Crippen molar-refractivity contribution in [3.05, 3.63) is 18.5 Å². The quantitative estimate of drug-likeness (QED) is 0.648. The van der Waals surface area contributed by atoms with E-state index in [0.717, 1.165) is 32.8 Å². The summed E-state index contributed by atoms with van der Waals surface area (Å²) in [5.41, 5.74) is -0.837. The lowest BCUT2D eigenvalue weighted by atomic mass is 10.0. The van der Waals surface area contributed by atoms with E-state index in [1.54, 1.807) is 18.5 Å². The summed E-state index contributed by atoms with van der Waals surface area (Å²) in [6.45, 7) is 7.23. The number of anilines is 1. The second-order valence-electron chi connectivity index (χ2n) is 7.62. The lowest BCUT2D eigenvalue weighted by Crippen LogP contribution is -2.54. The molecular formula is C19H28N6O3. The smallest absolute Gasteiger partial charge is 0.238 e. The first kappa shape index (κ1) is 19.1. The van der Waals surface area contributed by atoms with Gasteiger partial charge in [0.15, 0.2) is 0 Å². The molecule has 1 aromatic rings. The van der Waals surface area contributed by atoms with Gasteiger partial charge in [-0.25, -0.2) is 9.97 Å². The van der Waals surface area contributed by atoms with Crippen molar-refractivity contribution in [3.8, 4) is 0 Å². The molecule has 0 unspecified atom stereocenters. The maximum Gasteiger partial charge on any atom is 0.238 e. The van der Waals surface area contributed by atoms with E-state index in [1.807, 2.05) is 4.90 Å². The van der Waals surface area contributed by atoms with E-state index in [-0.39, 0.29) is 11.8 Å². The van der Waals surface area contributed by atoms with Gasteiger partial charge in [-0.15, -0.1) is 0 Å². The van der Waals surface area contributed by atoms with Crippen LogP contribution in [0.5, 0.6) is 0 Å². The predicted octanol–water partition coefficient (Wildman–Crippen LogP) is -0.646. The highest BCUT2D eigenvalue weighted by atomic mass is 16.5. The fraction of sp³-hybridized carbons (Fsp3) is 0.684. The van der Waals surface area contributed by atoms with Crippen molar-refractivity contribution >= 4 is 17.8 Å². The Morgan fingerprint density at radius 2 is 1.71 bits per heavy atom. The van der Waals surface area contributed by atoms with E-state index in [1.165, 1.54) is 0 Å². The molecule has 4 rings (SSSR count). The Labute approximate surface area is 165 Å². The van der Waals surface area contributed by atoms with Gasteiger partial charge < -0.3 is 19.9 Å². The lowest BCUT2D eigenvalue weighted by Gasteiger charge is -2.36. The van der Waals surface area contributed by atoms with Crippen LogP contribution in [0.3, 0.4) is 0 Å². The zero-order valence-corrected chi connectivity index (χ0v) is 16.2. The highest BCUT2D eigenvalue weighted by Gasteiger charge is 2.58. The number of amides is 2. The van der Waals surface area contributed by atoms with E-state index in [9.17, 15) is 9.59 Å². The van der Waals surface area contributed by atoms with Gasteiger partial charge in [0.05, 0.1) is 13.2 Å². The zero-order chi connectivity index (χ0) is 19.4.